The molecule has 0 amide bonds. The van der Waals surface area contributed by atoms with E-state index < -0.39 is 0 Å². The Balaban J connectivity index is 1.69. The number of hydrogen-bond donors (Lipinski definition) is 0. The van der Waals surface area contributed by atoms with Crippen molar-refractivity contribution in [3.63, 3.8) is 0 Å². The number of hydrogen-bond acceptors (Lipinski definition) is 5. The molecule has 0 radical (unpaired) electrons. The van der Waals surface area contributed by atoms with E-state index in [0.717, 1.165) is 15.8 Å². The highest BCUT2D eigenvalue weighted by Crippen LogP contribution is 2.31. The maximum atomic E-state index is 5.78. The minimum Gasteiger partial charge on any atom is -0.483 e. The van der Waals surface area contributed by atoms with Crippen molar-refractivity contribution in [2.75, 3.05) is 0 Å². The minimum atomic E-state index is 0.0903. The second kappa shape index (κ2) is 6.73. The molecule has 2 heterocycles. The summed E-state index contributed by atoms with van der Waals surface area (Å²) in [6.07, 6.45) is 3.38. The number of rotatable bonds is 4. The normalized spacial score (nSPS) is 11.5. The summed E-state index contributed by atoms with van der Waals surface area (Å²) in [6, 6.07) is 9.75. The van der Waals surface area contributed by atoms with Gasteiger partial charge in [0.25, 0.3) is 5.89 Å². The third-order valence-corrected chi connectivity index (χ3v) is 4.18. The third kappa shape index (κ3) is 3.82. The molecular weight excluding hydrogens is 370 g/mol. The average Bonchev–Trinajstić information content (AvgIpc) is 3.02. The van der Waals surface area contributed by atoms with Crippen LogP contribution in [0, 0.1) is 0 Å². The van der Waals surface area contributed by atoms with Gasteiger partial charge in [0.2, 0.25) is 5.82 Å². The van der Waals surface area contributed by atoms with Crippen molar-refractivity contribution in [2.45, 2.75) is 32.8 Å². The summed E-state index contributed by atoms with van der Waals surface area (Å²) in [5, 5.41) is 3.96. The van der Waals surface area contributed by atoms with E-state index in [1.807, 2.05) is 18.2 Å². The summed E-state index contributed by atoms with van der Waals surface area (Å²) in [5.41, 5.74) is 2.18. The molecule has 0 aliphatic rings. The van der Waals surface area contributed by atoms with Gasteiger partial charge in [0.1, 0.15) is 5.75 Å². The van der Waals surface area contributed by atoms with Gasteiger partial charge in [-0.1, -0.05) is 32.0 Å². The van der Waals surface area contributed by atoms with Crippen LogP contribution >= 0.6 is 15.9 Å². The van der Waals surface area contributed by atoms with Crippen LogP contribution in [0.25, 0.3) is 11.4 Å². The highest BCUT2D eigenvalue weighted by atomic mass is 79.9. The highest BCUT2D eigenvalue weighted by Gasteiger charge is 2.16. The fraction of sp³-hybridized carbons (Fsp3) is 0.278. The first-order chi connectivity index (χ1) is 11.4. The molecule has 0 saturated carbocycles. The molecule has 0 unspecified atom stereocenters. The number of halogens is 1. The second-order valence-electron chi connectivity index (χ2n) is 6.43. The number of nitrogens with zero attached hydrogens (tertiary/aromatic N) is 3. The Kier molecular flexibility index (Phi) is 4.66. The molecular formula is C18H18BrN3O2. The lowest BCUT2D eigenvalue weighted by Crippen LogP contribution is -2.11. The van der Waals surface area contributed by atoms with Crippen molar-refractivity contribution >= 4 is 15.9 Å². The van der Waals surface area contributed by atoms with Crippen LogP contribution in [-0.4, -0.2) is 15.1 Å². The number of ether oxygens (including phenoxy) is 1. The zero-order chi connectivity index (χ0) is 17.2. The zero-order valence-electron chi connectivity index (χ0n) is 13.8. The van der Waals surface area contributed by atoms with Gasteiger partial charge in [-0.05, 0) is 51.2 Å². The summed E-state index contributed by atoms with van der Waals surface area (Å²) >= 11 is 3.56. The maximum absolute atomic E-state index is 5.78. The summed E-state index contributed by atoms with van der Waals surface area (Å²) < 4.78 is 11.9. The van der Waals surface area contributed by atoms with E-state index in [9.17, 15) is 0 Å². The topological polar surface area (TPSA) is 61.0 Å². The van der Waals surface area contributed by atoms with Crippen LogP contribution in [0.15, 0.2) is 51.7 Å². The van der Waals surface area contributed by atoms with E-state index in [1.165, 1.54) is 5.56 Å². The van der Waals surface area contributed by atoms with Gasteiger partial charge in [-0.2, -0.15) is 4.98 Å². The van der Waals surface area contributed by atoms with E-state index in [0.29, 0.717) is 11.7 Å². The molecule has 0 saturated heterocycles. The molecule has 0 N–H and O–H groups in total. The lowest BCUT2D eigenvalue weighted by atomic mass is 9.87. The first kappa shape index (κ1) is 16.6. The smallest absolute Gasteiger partial charge is 0.264 e. The van der Waals surface area contributed by atoms with Gasteiger partial charge < -0.3 is 9.26 Å². The van der Waals surface area contributed by atoms with Crippen LogP contribution in [-0.2, 0) is 12.0 Å². The molecule has 0 fully saturated rings. The lowest BCUT2D eigenvalue weighted by Gasteiger charge is -2.20. The van der Waals surface area contributed by atoms with Gasteiger partial charge in [-0.25, -0.2) is 0 Å². The Hall–Kier alpha value is -2.21. The summed E-state index contributed by atoms with van der Waals surface area (Å²) in [5.74, 6) is 1.69. The van der Waals surface area contributed by atoms with E-state index in [-0.39, 0.29) is 12.0 Å². The second-order valence-corrected chi connectivity index (χ2v) is 7.29. The van der Waals surface area contributed by atoms with Crippen LogP contribution in [0.3, 0.4) is 0 Å². The van der Waals surface area contributed by atoms with Crippen molar-refractivity contribution in [1.82, 2.24) is 15.1 Å². The molecule has 0 aliphatic carbocycles. The predicted molar refractivity (Wildman–Crippen MR) is 94.7 cm³/mol. The molecule has 3 rings (SSSR count). The van der Waals surface area contributed by atoms with Gasteiger partial charge in [-0.3, -0.25) is 4.98 Å². The predicted octanol–water partition coefficient (Wildman–Crippen LogP) is 4.77. The van der Waals surface area contributed by atoms with Gasteiger partial charge in [0, 0.05) is 18.0 Å². The van der Waals surface area contributed by atoms with Crippen molar-refractivity contribution in [3.8, 4) is 17.1 Å². The van der Waals surface area contributed by atoms with Crippen molar-refractivity contribution in [3.05, 3.63) is 58.7 Å². The summed E-state index contributed by atoms with van der Waals surface area (Å²) in [6.45, 7) is 6.74. The molecule has 0 aliphatic heterocycles. The minimum absolute atomic E-state index is 0.0903. The third-order valence-electron chi connectivity index (χ3n) is 3.56. The molecule has 3 aromatic rings. The van der Waals surface area contributed by atoms with Crippen LogP contribution in [0.1, 0.15) is 32.2 Å². The van der Waals surface area contributed by atoms with Crippen molar-refractivity contribution in [2.24, 2.45) is 0 Å². The molecule has 6 heteroatoms. The Bertz CT molecular complexity index is 826. The van der Waals surface area contributed by atoms with Crippen LogP contribution in [0.4, 0.5) is 0 Å². The van der Waals surface area contributed by atoms with E-state index >= 15 is 0 Å². The largest absolute Gasteiger partial charge is 0.483 e. The first-order valence-electron chi connectivity index (χ1n) is 7.59. The molecule has 0 spiro atoms. The van der Waals surface area contributed by atoms with Crippen LogP contribution in [0.2, 0.25) is 0 Å². The van der Waals surface area contributed by atoms with Crippen LogP contribution in [0.5, 0.6) is 5.75 Å². The molecule has 0 atom stereocenters. The monoisotopic (exact) mass is 387 g/mol. The maximum Gasteiger partial charge on any atom is 0.264 e. The average molecular weight is 388 g/mol. The Morgan fingerprint density at radius 1 is 1.12 bits per heavy atom. The van der Waals surface area contributed by atoms with E-state index in [4.69, 9.17) is 9.26 Å². The highest BCUT2D eigenvalue weighted by molar-refractivity contribution is 9.10. The van der Waals surface area contributed by atoms with Crippen molar-refractivity contribution in [1.29, 1.82) is 0 Å². The standard InChI is InChI=1S/C18H18BrN3O2/c1-18(2,3)13-4-5-15(14(19)10-13)23-11-16-21-17(22-24-16)12-6-8-20-9-7-12/h4-10H,11H2,1-3H3. The molecule has 1 aromatic carbocycles. The first-order valence-corrected chi connectivity index (χ1v) is 8.38. The SMILES string of the molecule is CC(C)(C)c1ccc(OCc2nc(-c3ccncc3)no2)c(Br)c1. The van der Waals surface area contributed by atoms with Crippen molar-refractivity contribution < 1.29 is 9.26 Å². The molecule has 5 nitrogen and oxygen atoms in total. The summed E-state index contributed by atoms with van der Waals surface area (Å²) in [4.78, 5) is 8.31. The van der Waals surface area contributed by atoms with E-state index in [2.05, 4.69) is 64.0 Å². The fourth-order valence-electron chi connectivity index (χ4n) is 2.16. The van der Waals surface area contributed by atoms with Crippen LogP contribution < -0.4 is 4.74 Å². The zero-order valence-corrected chi connectivity index (χ0v) is 15.4. The van der Waals surface area contributed by atoms with E-state index in [1.54, 1.807) is 12.4 Å². The molecule has 2 aromatic heterocycles. The number of pyridine rings is 1. The van der Waals surface area contributed by atoms with Gasteiger partial charge in [-0.15, -0.1) is 0 Å². The number of aromatic nitrogens is 3. The van der Waals surface area contributed by atoms with Gasteiger partial charge in [0.15, 0.2) is 6.61 Å². The number of benzene rings is 1. The molecule has 124 valence electrons. The van der Waals surface area contributed by atoms with Gasteiger partial charge in [0.05, 0.1) is 4.47 Å². The Morgan fingerprint density at radius 3 is 2.54 bits per heavy atom. The quantitative estimate of drug-likeness (QED) is 0.644. The molecule has 24 heavy (non-hydrogen) atoms. The Labute approximate surface area is 149 Å². The fourth-order valence-corrected chi connectivity index (χ4v) is 2.65. The molecule has 0 bridgehead atoms. The lowest BCUT2D eigenvalue weighted by molar-refractivity contribution is 0.241. The Morgan fingerprint density at radius 2 is 1.88 bits per heavy atom. The van der Waals surface area contributed by atoms with Gasteiger partial charge >= 0.3 is 0 Å². The summed E-state index contributed by atoms with van der Waals surface area (Å²) in [7, 11) is 0.